The van der Waals surface area contributed by atoms with Gasteiger partial charge in [0.2, 0.25) is 0 Å². The summed E-state index contributed by atoms with van der Waals surface area (Å²) in [5.41, 5.74) is -0.0908. The summed E-state index contributed by atoms with van der Waals surface area (Å²) >= 11 is 0. The van der Waals surface area contributed by atoms with E-state index >= 15 is 0 Å². The molecular formula is C13H18N2O4. The number of esters is 1. The highest BCUT2D eigenvalue weighted by Gasteiger charge is 2.30. The quantitative estimate of drug-likeness (QED) is 0.502. The molecule has 1 aromatic carbocycles. The van der Waals surface area contributed by atoms with Gasteiger partial charge < -0.3 is 4.74 Å². The number of hydrogen-bond acceptors (Lipinski definition) is 5. The van der Waals surface area contributed by atoms with Gasteiger partial charge >= 0.3 is 5.97 Å². The van der Waals surface area contributed by atoms with Gasteiger partial charge in [-0.25, -0.2) is 0 Å². The minimum Gasteiger partial charge on any atom is -0.468 e. The molecule has 1 unspecified atom stereocenters. The first-order chi connectivity index (χ1) is 8.77. The highest BCUT2D eigenvalue weighted by atomic mass is 16.6. The van der Waals surface area contributed by atoms with Crippen LogP contribution in [-0.2, 0) is 9.53 Å². The van der Waals surface area contributed by atoms with E-state index in [0.717, 1.165) is 5.56 Å². The molecule has 104 valence electrons. The van der Waals surface area contributed by atoms with Gasteiger partial charge in [0, 0.05) is 18.2 Å². The standard InChI is InChI=1S/C13H18N2O4/c1-9(14-13(2,3)12(16)19-4)10-6-5-7-11(8-10)15(17)18/h5-9,14H,1-4H3. The maximum Gasteiger partial charge on any atom is 0.325 e. The SMILES string of the molecule is COC(=O)C(C)(C)NC(C)c1cccc([N+](=O)[O-])c1. The van der Waals surface area contributed by atoms with Crippen molar-refractivity contribution in [3.8, 4) is 0 Å². The third kappa shape index (κ3) is 3.75. The van der Waals surface area contributed by atoms with E-state index in [-0.39, 0.29) is 17.7 Å². The predicted molar refractivity (Wildman–Crippen MR) is 70.7 cm³/mol. The van der Waals surface area contributed by atoms with Crippen molar-refractivity contribution in [3.63, 3.8) is 0 Å². The molecule has 0 bridgehead atoms. The second-order valence-electron chi connectivity index (χ2n) is 4.83. The number of nitrogens with zero attached hydrogens (tertiary/aromatic N) is 1. The van der Waals surface area contributed by atoms with Gasteiger partial charge in [0.25, 0.3) is 5.69 Å². The Hall–Kier alpha value is -1.95. The van der Waals surface area contributed by atoms with Gasteiger partial charge in [0.05, 0.1) is 12.0 Å². The predicted octanol–water partition coefficient (Wildman–Crippen LogP) is 2.20. The Morgan fingerprint density at radius 1 is 1.47 bits per heavy atom. The fourth-order valence-electron chi connectivity index (χ4n) is 1.85. The first-order valence-corrected chi connectivity index (χ1v) is 5.88. The van der Waals surface area contributed by atoms with Gasteiger partial charge in [-0.15, -0.1) is 0 Å². The zero-order valence-corrected chi connectivity index (χ0v) is 11.5. The van der Waals surface area contributed by atoms with Gasteiger partial charge in [0.1, 0.15) is 5.54 Å². The zero-order chi connectivity index (χ0) is 14.6. The number of rotatable bonds is 5. The Bertz CT molecular complexity index is 485. The summed E-state index contributed by atoms with van der Waals surface area (Å²) in [6, 6.07) is 6.11. The third-order valence-electron chi connectivity index (χ3n) is 2.85. The summed E-state index contributed by atoms with van der Waals surface area (Å²) in [5, 5.41) is 13.8. The lowest BCUT2D eigenvalue weighted by Crippen LogP contribution is -2.48. The van der Waals surface area contributed by atoms with E-state index in [2.05, 4.69) is 5.32 Å². The number of carbonyl (C=O) groups is 1. The van der Waals surface area contributed by atoms with Gasteiger partial charge in [-0.3, -0.25) is 20.2 Å². The minimum absolute atomic E-state index is 0.0297. The molecule has 0 spiro atoms. The summed E-state index contributed by atoms with van der Waals surface area (Å²) in [4.78, 5) is 21.9. The summed E-state index contributed by atoms with van der Waals surface area (Å²) in [6.07, 6.45) is 0. The second kappa shape index (κ2) is 5.79. The fraction of sp³-hybridized carbons (Fsp3) is 0.462. The van der Waals surface area contributed by atoms with Crippen molar-refractivity contribution in [1.82, 2.24) is 5.32 Å². The first kappa shape index (κ1) is 15.1. The Balaban J connectivity index is 2.89. The van der Waals surface area contributed by atoms with E-state index in [1.165, 1.54) is 19.2 Å². The van der Waals surface area contributed by atoms with Crippen molar-refractivity contribution in [2.24, 2.45) is 0 Å². The third-order valence-corrected chi connectivity index (χ3v) is 2.85. The smallest absolute Gasteiger partial charge is 0.325 e. The van der Waals surface area contributed by atoms with E-state index in [1.807, 2.05) is 6.92 Å². The Morgan fingerprint density at radius 3 is 2.63 bits per heavy atom. The zero-order valence-electron chi connectivity index (χ0n) is 11.5. The van der Waals surface area contributed by atoms with E-state index in [4.69, 9.17) is 4.74 Å². The van der Waals surface area contributed by atoms with Crippen LogP contribution in [0.3, 0.4) is 0 Å². The molecule has 0 amide bonds. The van der Waals surface area contributed by atoms with Crippen molar-refractivity contribution in [3.05, 3.63) is 39.9 Å². The molecule has 0 heterocycles. The molecule has 1 rings (SSSR count). The maximum atomic E-state index is 11.6. The van der Waals surface area contributed by atoms with E-state index in [0.29, 0.717) is 0 Å². The number of nitro benzene ring substituents is 1. The monoisotopic (exact) mass is 266 g/mol. The molecule has 6 nitrogen and oxygen atoms in total. The van der Waals surface area contributed by atoms with Crippen molar-refractivity contribution < 1.29 is 14.5 Å². The molecular weight excluding hydrogens is 248 g/mol. The van der Waals surface area contributed by atoms with Crippen molar-refractivity contribution >= 4 is 11.7 Å². The fourth-order valence-corrected chi connectivity index (χ4v) is 1.85. The average Bonchev–Trinajstić information content (AvgIpc) is 2.37. The number of non-ortho nitro benzene ring substituents is 1. The molecule has 0 aliphatic rings. The lowest BCUT2D eigenvalue weighted by molar-refractivity contribution is -0.384. The lowest BCUT2D eigenvalue weighted by Gasteiger charge is -2.27. The largest absolute Gasteiger partial charge is 0.468 e. The van der Waals surface area contributed by atoms with Crippen LogP contribution in [0.25, 0.3) is 0 Å². The van der Waals surface area contributed by atoms with Crippen molar-refractivity contribution in [1.29, 1.82) is 0 Å². The Labute approximate surface area is 111 Å². The number of nitrogens with one attached hydrogen (secondary N) is 1. The molecule has 1 aromatic rings. The van der Waals surface area contributed by atoms with E-state index in [1.54, 1.807) is 26.0 Å². The summed E-state index contributed by atoms with van der Waals surface area (Å²) < 4.78 is 4.70. The molecule has 0 saturated carbocycles. The number of hydrogen-bond donors (Lipinski definition) is 1. The number of carbonyl (C=O) groups excluding carboxylic acids is 1. The summed E-state index contributed by atoms with van der Waals surface area (Å²) in [5.74, 6) is -0.384. The number of methoxy groups -OCH3 is 1. The van der Waals surface area contributed by atoms with Gasteiger partial charge in [0.15, 0.2) is 0 Å². The lowest BCUT2D eigenvalue weighted by atomic mass is 10.0. The number of benzene rings is 1. The van der Waals surface area contributed by atoms with Crippen LogP contribution in [0.4, 0.5) is 5.69 Å². The topological polar surface area (TPSA) is 81.5 Å². The molecule has 0 aromatic heterocycles. The Morgan fingerprint density at radius 2 is 2.11 bits per heavy atom. The Kier molecular flexibility index (Phi) is 4.61. The summed E-state index contributed by atoms with van der Waals surface area (Å²) in [6.45, 7) is 5.24. The minimum atomic E-state index is -0.862. The van der Waals surface area contributed by atoms with Crippen LogP contribution in [-0.4, -0.2) is 23.5 Å². The molecule has 0 aliphatic carbocycles. The van der Waals surface area contributed by atoms with Crippen LogP contribution >= 0.6 is 0 Å². The molecule has 0 fully saturated rings. The number of ether oxygens (including phenoxy) is 1. The maximum absolute atomic E-state index is 11.6. The van der Waals surface area contributed by atoms with Gasteiger partial charge in [-0.1, -0.05) is 12.1 Å². The summed E-state index contributed by atoms with van der Waals surface area (Å²) in [7, 11) is 1.32. The molecule has 0 radical (unpaired) electrons. The van der Waals surface area contributed by atoms with Crippen LogP contribution in [0.2, 0.25) is 0 Å². The molecule has 1 atom stereocenters. The highest BCUT2D eigenvalue weighted by molar-refractivity contribution is 5.79. The van der Waals surface area contributed by atoms with Crippen LogP contribution in [0.15, 0.2) is 24.3 Å². The van der Waals surface area contributed by atoms with Gasteiger partial charge in [-0.05, 0) is 26.3 Å². The molecule has 0 saturated heterocycles. The first-order valence-electron chi connectivity index (χ1n) is 5.88. The highest BCUT2D eigenvalue weighted by Crippen LogP contribution is 2.21. The molecule has 1 N–H and O–H groups in total. The van der Waals surface area contributed by atoms with E-state index in [9.17, 15) is 14.9 Å². The van der Waals surface area contributed by atoms with Crippen LogP contribution < -0.4 is 5.32 Å². The molecule has 6 heteroatoms. The van der Waals surface area contributed by atoms with E-state index < -0.39 is 10.5 Å². The van der Waals surface area contributed by atoms with Gasteiger partial charge in [-0.2, -0.15) is 0 Å². The molecule has 0 aliphatic heterocycles. The number of nitro groups is 1. The normalized spacial score (nSPS) is 12.8. The van der Waals surface area contributed by atoms with Crippen LogP contribution in [0.1, 0.15) is 32.4 Å². The van der Waals surface area contributed by atoms with Crippen LogP contribution in [0.5, 0.6) is 0 Å². The average molecular weight is 266 g/mol. The second-order valence-corrected chi connectivity index (χ2v) is 4.83. The van der Waals surface area contributed by atoms with Crippen molar-refractivity contribution in [2.75, 3.05) is 7.11 Å². The molecule has 19 heavy (non-hydrogen) atoms. The van der Waals surface area contributed by atoms with Crippen LogP contribution in [0, 0.1) is 10.1 Å². The van der Waals surface area contributed by atoms with Crippen molar-refractivity contribution in [2.45, 2.75) is 32.4 Å².